The van der Waals surface area contributed by atoms with Crippen LogP contribution in [0.5, 0.6) is 0 Å². The first-order chi connectivity index (χ1) is 8.36. The molecule has 0 aliphatic heterocycles. The van der Waals surface area contributed by atoms with E-state index in [4.69, 9.17) is 16.3 Å². The predicted molar refractivity (Wildman–Crippen MR) is 75.1 cm³/mol. The van der Waals surface area contributed by atoms with Crippen LogP contribution < -0.4 is 5.32 Å². The average Bonchev–Trinajstić information content (AvgIpc) is 2.36. The number of unbranched alkanes of at least 4 members (excludes halogenated alkanes) is 1. The molecule has 3 heteroatoms. The molecule has 0 saturated heterocycles. The van der Waals surface area contributed by atoms with E-state index in [1.165, 1.54) is 12.0 Å². The van der Waals surface area contributed by atoms with Gasteiger partial charge in [-0.1, -0.05) is 25.5 Å². The number of nitrogens with one attached hydrogen (secondary N) is 1. The van der Waals surface area contributed by atoms with E-state index in [-0.39, 0.29) is 0 Å². The Bertz CT molecular complexity index is 287. The minimum atomic E-state index is 0.679. The maximum absolute atomic E-state index is 5.69. The third-order valence-corrected chi connectivity index (χ3v) is 2.74. The molecule has 1 N–H and O–H groups in total. The van der Waals surface area contributed by atoms with Crippen molar-refractivity contribution >= 4 is 17.3 Å². The van der Waals surface area contributed by atoms with Crippen LogP contribution in [0.2, 0.25) is 0 Å². The smallest absolute Gasteiger partial charge is 0.0639 e. The number of hydrogen-bond acceptors (Lipinski definition) is 2. The lowest BCUT2D eigenvalue weighted by Gasteiger charge is -2.07. The summed E-state index contributed by atoms with van der Waals surface area (Å²) in [5, 5.41) is 3.33. The molecule has 96 valence electrons. The fraction of sp³-hybridized carbons (Fsp3) is 0.571. The molecule has 0 atom stereocenters. The predicted octanol–water partition coefficient (Wildman–Crippen LogP) is 3.70. The van der Waals surface area contributed by atoms with Crippen LogP contribution in [0.15, 0.2) is 24.3 Å². The van der Waals surface area contributed by atoms with Gasteiger partial charge in [0.15, 0.2) is 0 Å². The number of rotatable bonds is 9. The summed E-state index contributed by atoms with van der Waals surface area (Å²) in [7, 11) is 0. The molecule has 17 heavy (non-hydrogen) atoms. The molecule has 1 rings (SSSR count). The Morgan fingerprint density at radius 3 is 2.59 bits per heavy atom. The van der Waals surface area contributed by atoms with E-state index in [9.17, 15) is 0 Å². The first-order valence-corrected chi connectivity index (χ1v) is 6.86. The molecule has 0 amide bonds. The zero-order chi connectivity index (χ0) is 12.3. The van der Waals surface area contributed by atoms with E-state index in [0.717, 1.165) is 38.3 Å². The summed E-state index contributed by atoms with van der Waals surface area (Å²) in [5.41, 5.74) is 2.42. The van der Waals surface area contributed by atoms with Gasteiger partial charge in [-0.3, -0.25) is 0 Å². The van der Waals surface area contributed by atoms with Gasteiger partial charge < -0.3 is 10.1 Å². The van der Waals surface area contributed by atoms with Crippen molar-refractivity contribution in [2.24, 2.45) is 0 Å². The van der Waals surface area contributed by atoms with Crippen LogP contribution in [0, 0.1) is 0 Å². The number of hydrogen-bond donors (Lipinski definition) is 1. The van der Waals surface area contributed by atoms with Gasteiger partial charge in [-0.15, -0.1) is 11.6 Å². The van der Waals surface area contributed by atoms with Crippen molar-refractivity contribution in [2.45, 2.75) is 26.2 Å². The topological polar surface area (TPSA) is 21.3 Å². The summed E-state index contributed by atoms with van der Waals surface area (Å²) in [6.45, 7) is 4.67. The molecule has 1 aromatic rings. The Labute approximate surface area is 109 Å². The summed E-state index contributed by atoms with van der Waals surface area (Å²) in [6, 6.07) is 8.41. The van der Waals surface area contributed by atoms with E-state index >= 15 is 0 Å². The molecule has 0 spiro atoms. The Hall–Kier alpha value is -0.730. The van der Waals surface area contributed by atoms with E-state index in [2.05, 4.69) is 36.5 Å². The second-order valence-electron chi connectivity index (χ2n) is 4.03. The van der Waals surface area contributed by atoms with Gasteiger partial charge in [-0.05, 0) is 30.5 Å². The molecule has 0 heterocycles. The first-order valence-electron chi connectivity index (χ1n) is 6.33. The van der Waals surface area contributed by atoms with Gasteiger partial charge in [-0.2, -0.15) is 0 Å². The monoisotopic (exact) mass is 255 g/mol. The number of anilines is 1. The van der Waals surface area contributed by atoms with Gasteiger partial charge in [0.2, 0.25) is 0 Å². The van der Waals surface area contributed by atoms with Crippen molar-refractivity contribution in [2.75, 3.05) is 31.0 Å². The molecule has 1 aromatic carbocycles. The number of halogens is 1. The molecular formula is C14H22ClNO. The van der Waals surface area contributed by atoms with Gasteiger partial charge >= 0.3 is 0 Å². The highest BCUT2D eigenvalue weighted by molar-refractivity contribution is 6.17. The Kier molecular flexibility index (Phi) is 7.85. The van der Waals surface area contributed by atoms with Crippen LogP contribution in [-0.2, 0) is 11.2 Å². The highest BCUT2D eigenvalue weighted by Gasteiger charge is 1.94. The van der Waals surface area contributed by atoms with Crippen LogP contribution >= 0.6 is 11.6 Å². The fourth-order valence-corrected chi connectivity index (χ4v) is 1.73. The summed E-state index contributed by atoms with van der Waals surface area (Å²) >= 11 is 5.69. The Morgan fingerprint density at radius 2 is 1.94 bits per heavy atom. The lowest BCUT2D eigenvalue weighted by Crippen LogP contribution is -2.09. The zero-order valence-electron chi connectivity index (χ0n) is 10.5. The number of alkyl halides is 1. The van der Waals surface area contributed by atoms with Gasteiger partial charge in [-0.25, -0.2) is 0 Å². The molecular weight excluding hydrogens is 234 g/mol. The molecule has 2 nitrogen and oxygen atoms in total. The second kappa shape index (κ2) is 9.32. The number of aryl methyl sites for hydroxylation is 1. The quantitative estimate of drug-likeness (QED) is 0.537. The second-order valence-corrected chi connectivity index (χ2v) is 4.41. The highest BCUT2D eigenvalue weighted by Crippen LogP contribution is 2.10. The lowest BCUT2D eigenvalue weighted by atomic mass is 10.1. The summed E-state index contributed by atoms with van der Waals surface area (Å²) in [6.07, 6.45) is 3.27. The van der Waals surface area contributed by atoms with E-state index in [1.54, 1.807) is 0 Å². The van der Waals surface area contributed by atoms with Crippen LogP contribution in [0.25, 0.3) is 0 Å². The SMILES string of the molecule is CCCCOCCNc1ccc(CCCl)cc1. The maximum atomic E-state index is 5.69. The summed E-state index contributed by atoms with van der Waals surface area (Å²) in [4.78, 5) is 0. The minimum absolute atomic E-state index is 0.679. The molecule has 0 radical (unpaired) electrons. The summed E-state index contributed by atoms with van der Waals surface area (Å²) in [5.74, 6) is 0.679. The standard InChI is InChI=1S/C14H22ClNO/c1-2-3-11-17-12-10-16-14-6-4-13(5-7-14)8-9-15/h4-7,16H,2-3,8-12H2,1H3. The van der Waals surface area contributed by atoms with Crippen LogP contribution in [-0.4, -0.2) is 25.6 Å². The van der Waals surface area contributed by atoms with Crippen molar-refractivity contribution in [3.63, 3.8) is 0 Å². The summed E-state index contributed by atoms with van der Waals surface area (Å²) < 4.78 is 5.48. The van der Waals surface area contributed by atoms with E-state index in [0.29, 0.717) is 5.88 Å². The molecule has 0 fully saturated rings. The van der Waals surface area contributed by atoms with Gasteiger partial charge in [0.1, 0.15) is 0 Å². The largest absolute Gasteiger partial charge is 0.383 e. The maximum Gasteiger partial charge on any atom is 0.0639 e. The van der Waals surface area contributed by atoms with Crippen molar-refractivity contribution in [3.8, 4) is 0 Å². The molecule has 0 aliphatic carbocycles. The molecule has 0 saturated carbocycles. The fourth-order valence-electron chi connectivity index (χ4n) is 1.51. The van der Waals surface area contributed by atoms with E-state index < -0.39 is 0 Å². The van der Waals surface area contributed by atoms with Crippen molar-refractivity contribution in [1.29, 1.82) is 0 Å². The van der Waals surface area contributed by atoms with Crippen LogP contribution in [0.3, 0.4) is 0 Å². The van der Waals surface area contributed by atoms with Crippen molar-refractivity contribution in [1.82, 2.24) is 0 Å². The Balaban J connectivity index is 2.14. The highest BCUT2D eigenvalue weighted by atomic mass is 35.5. The molecule has 0 bridgehead atoms. The minimum Gasteiger partial charge on any atom is -0.383 e. The Morgan fingerprint density at radius 1 is 1.18 bits per heavy atom. The number of ether oxygens (including phenoxy) is 1. The van der Waals surface area contributed by atoms with E-state index in [1.807, 2.05) is 0 Å². The normalized spacial score (nSPS) is 10.5. The third-order valence-electron chi connectivity index (χ3n) is 2.55. The van der Waals surface area contributed by atoms with Gasteiger partial charge in [0, 0.05) is 24.7 Å². The molecule has 0 aromatic heterocycles. The molecule has 0 unspecified atom stereocenters. The van der Waals surface area contributed by atoms with Crippen LogP contribution in [0.4, 0.5) is 5.69 Å². The van der Waals surface area contributed by atoms with Gasteiger partial charge in [0.05, 0.1) is 6.61 Å². The number of benzene rings is 1. The lowest BCUT2D eigenvalue weighted by molar-refractivity contribution is 0.141. The average molecular weight is 256 g/mol. The van der Waals surface area contributed by atoms with Gasteiger partial charge in [0.25, 0.3) is 0 Å². The third kappa shape index (κ3) is 6.54. The van der Waals surface area contributed by atoms with Crippen LogP contribution in [0.1, 0.15) is 25.3 Å². The van der Waals surface area contributed by atoms with Crippen molar-refractivity contribution < 1.29 is 4.74 Å². The molecule has 0 aliphatic rings. The first kappa shape index (κ1) is 14.3. The zero-order valence-corrected chi connectivity index (χ0v) is 11.3. The van der Waals surface area contributed by atoms with Crippen molar-refractivity contribution in [3.05, 3.63) is 29.8 Å².